The first kappa shape index (κ1) is 11.5. The zero-order chi connectivity index (χ0) is 11.5. The third kappa shape index (κ3) is 2.56. The first-order chi connectivity index (χ1) is 7.66. The van der Waals surface area contributed by atoms with Crippen LogP contribution >= 0.6 is 15.9 Å². The molecule has 0 spiro atoms. The van der Waals surface area contributed by atoms with Crippen molar-refractivity contribution in [3.8, 4) is 0 Å². The minimum absolute atomic E-state index is 0.00766. The lowest BCUT2D eigenvalue weighted by molar-refractivity contribution is -0.119. The molecule has 0 radical (unpaired) electrons. The van der Waals surface area contributed by atoms with E-state index in [0.717, 1.165) is 29.7 Å². The molecule has 1 amide bonds. The van der Waals surface area contributed by atoms with E-state index in [0.29, 0.717) is 5.95 Å². The Labute approximate surface area is 102 Å². The van der Waals surface area contributed by atoms with Crippen molar-refractivity contribution < 1.29 is 4.79 Å². The SMILES string of the molecule is Cc1nc(NC(=O)[C@@H]2CCNC2)ncc1Br. The van der Waals surface area contributed by atoms with Crippen molar-refractivity contribution in [1.82, 2.24) is 15.3 Å². The fourth-order valence-corrected chi connectivity index (χ4v) is 1.79. The van der Waals surface area contributed by atoms with E-state index in [1.165, 1.54) is 0 Å². The van der Waals surface area contributed by atoms with Gasteiger partial charge in [0.05, 0.1) is 16.1 Å². The smallest absolute Gasteiger partial charge is 0.231 e. The fourth-order valence-electron chi connectivity index (χ4n) is 1.60. The van der Waals surface area contributed by atoms with Gasteiger partial charge >= 0.3 is 0 Å². The van der Waals surface area contributed by atoms with E-state index in [2.05, 4.69) is 36.5 Å². The lowest BCUT2D eigenvalue weighted by Gasteiger charge is -2.08. The maximum atomic E-state index is 11.8. The number of anilines is 1. The number of rotatable bonds is 2. The van der Waals surface area contributed by atoms with Gasteiger partial charge in [0.15, 0.2) is 0 Å². The molecule has 1 saturated heterocycles. The Morgan fingerprint density at radius 1 is 1.69 bits per heavy atom. The maximum absolute atomic E-state index is 11.8. The van der Waals surface area contributed by atoms with Crippen LogP contribution in [0.2, 0.25) is 0 Å². The van der Waals surface area contributed by atoms with Crippen molar-refractivity contribution in [2.24, 2.45) is 5.92 Å². The Morgan fingerprint density at radius 3 is 3.12 bits per heavy atom. The van der Waals surface area contributed by atoms with Crippen LogP contribution in [0.15, 0.2) is 10.7 Å². The van der Waals surface area contributed by atoms with Crippen LogP contribution in [0.3, 0.4) is 0 Å². The highest BCUT2D eigenvalue weighted by Gasteiger charge is 2.22. The number of halogens is 1. The van der Waals surface area contributed by atoms with E-state index in [1.54, 1.807) is 6.20 Å². The van der Waals surface area contributed by atoms with Gasteiger partial charge < -0.3 is 5.32 Å². The maximum Gasteiger partial charge on any atom is 0.231 e. The number of hydrogen-bond acceptors (Lipinski definition) is 4. The van der Waals surface area contributed by atoms with E-state index < -0.39 is 0 Å². The summed E-state index contributed by atoms with van der Waals surface area (Å²) in [6, 6.07) is 0. The zero-order valence-electron chi connectivity index (χ0n) is 8.96. The summed E-state index contributed by atoms with van der Waals surface area (Å²) in [5.41, 5.74) is 0.815. The number of nitrogens with zero attached hydrogens (tertiary/aromatic N) is 2. The van der Waals surface area contributed by atoms with Crippen LogP contribution in [-0.2, 0) is 4.79 Å². The molecule has 6 heteroatoms. The summed E-state index contributed by atoms with van der Waals surface area (Å²) < 4.78 is 0.841. The Hall–Kier alpha value is -1.01. The summed E-state index contributed by atoms with van der Waals surface area (Å²) in [6.07, 6.45) is 2.52. The second kappa shape index (κ2) is 4.88. The molecule has 1 aliphatic rings. The Morgan fingerprint density at radius 2 is 2.50 bits per heavy atom. The summed E-state index contributed by atoms with van der Waals surface area (Å²) in [5, 5.41) is 5.88. The molecule has 0 unspecified atom stereocenters. The van der Waals surface area contributed by atoms with Gasteiger partial charge in [0.1, 0.15) is 0 Å². The number of aryl methyl sites for hydroxylation is 1. The Balaban J connectivity index is 2.02. The lowest BCUT2D eigenvalue weighted by atomic mass is 10.1. The van der Waals surface area contributed by atoms with Crippen LogP contribution in [0.1, 0.15) is 12.1 Å². The van der Waals surface area contributed by atoms with Crippen LogP contribution < -0.4 is 10.6 Å². The molecule has 2 N–H and O–H groups in total. The van der Waals surface area contributed by atoms with Crippen LogP contribution in [0, 0.1) is 12.8 Å². The van der Waals surface area contributed by atoms with Crippen molar-refractivity contribution in [3.63, 3.8) is 0 Å². The predicted molar refractivity (Wildman–Crippen MR) is 64.1 cm³/mol. The Kier molecular flexibility index (Phi) is 3.50. The van der Waals surface area contributed by atoms with Gasteiger partial charge in [-0.2, -0.15) is 0 Å². The van der Waals surface area contributed by atoms with Gasteiger partial charge in [-0.25, -0.2) is 9.97 Å². The number of carbonyl (C=O) groups excluding carboxylic acids is 1. The molecule has 16 heavy (non-hydrogen) atoms. The molecule has 1 aromatic rings. The standard InChI is InChI=1S/C10H13BrN4O/c1-6-8(11)5-13-10(14-6)15-9(16)7-2-3-12-4-7/h5,7,12H,2-4H2,1H3,(H,13,14,15,16)/t7-/m1/s1. The normalized spacial score (nSPS) is 19.8. The number of amides is 1. The molecule has 0 bridgehead atoms. The highest BCUT2D eigenvalue weighted by atomic mass is 79.9. The van der Waals surface area contributed by atoms with Crippen molar-refractivity contribution in [2.75, 3.05) is 18.4 Å². The number of nitrogens with one attached hydrogen (secondary N) is 2. The second-order valence-electron chi connectivity index (χ2n) is 3.81. The third-order valence-electron chi connectivity index (χ3n) is 2.59. The Bertz CT molecular complexity index is 404. The molecule has 86 valence electrons. The van der Waals surface area contributed by atoms with Gasteiger partial charge in [-0.15, -0.1) is 0 Å². The number of carbonyl (C=O) groups is 1. The lowest BCUT2D eigenvalue weighted by Crippen LogP contribution is -2.25. The van der Waals surface area contributed by atoms with Crippen molar-refractivity contribution in [2.45, 2.75) is 13.3 Å². The molecule has 1 aliphatic heterocycles. The highest BCUT2D eigenvalue weighted by molar-refractivity contribution is 9.10. The molecule has 2 rings (SSSR count). The summed E-state index contributed by atoms with van der Waals surface area (Å²) in [7, 11) is 0. The average molecular weight is 285 g/mol. The van der Waals surface area contributed by atoms with Crippen molar-refractivity contribution in [1.29, 1.82) is 0 Å². The topological polar surface area (TPSA) is 66.9 Å². The minimum atomic E-state index is -0.00766. The van der Waals surface area contributed by atoms with Gasteiger partial charge in [0.2, 0.25) is 11.9 Å². The average Bonchev–Trinajstić information content (AvgIpc) is 2.77. The van der Waals surface area contributed by atoms with Gasteiger partial charge in [0, 0.05) is 12.7 Å². The van der Waals surface area contributed by atoms with Gasteiger partial charge in [-0.3, -0.25) is 10.1 Å². The molecule has 1 aromatic heterocycles. The van der Waals surface area contributed by atoms with Gasteiger partial charge in [-0.1, -0.05) is 0 Å². The first-order valence-electron chi connectivity index (χ1n) is 5.17. The van der Waals surface area contributed by atoms with Crippen molar-refractivity contribution >= 4 is 27.8 Å². The van der Waals surface area contributed by atoms with E-state index in [-0.39, 0.29) is 11.8 Å². The summed E-state index contributed by atoms with van der Waals surface area (Å²) >= 11 is 3.31. The molecule has 0 aromatic carbocycles. The van der Waals surface area contributed by atoms with Crippen LogP contribution in [0.4, 0.5) is 5.95 Å². The highest BCUT2D eigenvalue weighted by Crippen LogP contribution is 2.15. The molecule has 0 saturated carbocycles. The number of aromatic nitrogens is 2. The zero-order valence-corrected chi connectivity index (χ0v) is 10.5. The van der Waals surface area contributed by atoms with Crippen LogP contribution in [0.25, 0.3) is 0 Å². The first-order valence-corrected chi connectivity index (χ1v) is 5.97. The number of hydrogen-bond donors (Lipinski definition) is 2. The minimum Gasteiger partial charge on any atom is -0.316 e. The van der Waals surface area contributed by atoms with Gasteiger partial charge in [-0.05, 0) is 35.8 Å². The largest absolute Gasteiger partial charge is 0.316 e. The summed E-state index contributed by atoms with van der Waals surface area (Å²) in [4.78, 5) is 20.0. The van der Waals surface area contributed by atoms with E-state index in [4.69, 9.17) is 0 Å². The van der Waals surface area contributed by atoms with Crippen LogP contribution in [-0.4, -0.2) is 29.0 Å². The molecule has 2 heterocycles. The van der Waals surface area contributed by atoms with Crippen LogP contribution in [0.5, 0.6) is 0 Å². The third-order valence-corrected chi connectivity index (χ3v) is 3.36. The quantitative estimate of drug-likeness (QED) is 0.853. The summed E-state index contributed by atoms with van der Waals surface area (Å²) in [5.74, 6) is 0.400. The fraction of sp³-hybridized carbons (Fsp3) is 0.500. The molecular weight excluding hydrogens is 272 g/mol. The van der Waals surface area contributed by atoms with E-state index in [1.807, 2.05) is 6.92 Å². The van der Waals surface area contributed by atoms with Crippen molar-refractivity contribution in [3.05, 3.63) is 16.4 Å². The molecule has 5 nitrogen and oxygen atoms in total. The van der Waals surface area contributed by atoms with Gasteiger partial charge in [0.25, 0.3) is 0 Å². The summed E-state index contributed by atoms with van der Waals surface area (Å²) in [6.45, 7) is 3.50. The monoisotopic (exact) mass is 284 g/mol. The molecular formula is C10H13BrN4O. The predicted octanol–water partition coefficient (Wildman–Crippen LogP) is 1.10. The van der Waals surface area contributed by atoms with E-state index in [9.17, 15) is 4.79 Å². The second-order valence-corrected chi connectivity index (χ2v) is 4.66. The van der Waals surface area contributed by atoms with E-state index >= 15 is 0 Å². The molecule has 1 atom stereocenters. The molecule has 1 fully saturated rings. The molecule has 0 aliphatic carbocycles.